The van der Waals surface area contributed by atoms with E-state index in [0.29, 0.717) is 18.4 Å². The first-order chi connectivity index (χ1) is 18.1. The summed E-state index contributed by atoms with van der Waals surface area (Å²) < 4.78 is 5.53. The molecule has 1 aliphatic rings. The zero-order valence-electron chi connectivity index (χ0n) is 20.9. The van der Waals surface area contributed by atoms with Crippen molar-refractivity contribution in [2.45, 2.75) is 25.3 Å². The lowest BCUT2D eigenvalue weighted by molar-refractivity contribution is 0.415. The van der Waals surface area contributed by atoms with Gasteiger partial charge in [0.05, 0.1) is 18.3 Å². The van der Waals surface area contributed by atoms with Crippen molar-refractivity contribution in [3.8, 4) is 5.75 Å². The highest BCUT2D eigenvalue weighted by Crippen LogP contribution is 2.32. The van der Waals surface area contributed by atoms with Gasteiger partial charge in [0.15, 0.2) is 0 Å². The highest BCUT2D eigenvalue weighted by atomic mass is 16.5. The normalized spacial score (nSPS) is 14.2. The number of anilines is 3. The number of rotatable bonds is 6. The summed E-state index contributed by atoms with van der Waals surface area (Å²) in [5.41, 5.74) is 10.1. The third-order valence-electron chi connectivity index (χ3n) is 7.10. The number of benzene rings is 3. The molecule has 3 aromatic carbocycles. The van der Waals surface area contributed by atoms with Crippen LogP contribution in [0.25, 0.3) is 21.7 Å². The van der Waals surface area contributed by atoms with E-state index in [1.54, 1.807) is 13.3 Å². The van der Waals surface area contributed by atoms with Gasteiger partial charge in [0.1, 0.15) is 11.6 Å². The molecule has 0 radical (unpaired) electrons. The van der Waals surface area contributed by atoms with Gasteiger partial charge in [-0.1, -0.05) is 30.3 Å². The van der Waals surface area contributed by atoms with E-state index in [4.69, 9.17) is 15.5 Å². The van der Waals surface area contributed by atoms with Gasteiger partial charge < -0.3 is 20.7 Å². The molecule has 0 spiro atoms. The van der Waals surface area contributed by atoms with Crippen LogP contribution in [0, 0.1) is 0 Å². The van der Waals surface area contributed by atoms with Gasteiger partial charge in [0.2, 0.25) is 5.95 Å². The van der Waals surface area contributed by atoms with Gasteiger partial charge in [-0.3, -0.25) is 0 Å². The van der Waals surface area contributed by atoms with Crippen molar-refractivity contribution >= 4 is 39.1 Å². The Hall–Kier alpha value is -4.39. The first-order valence-electron chi connectivity index (χ1n) is 12.7. The Labute approximate surface area is 216 Å². The number of nitrogen functional groups attached to an aromatic ring is 1. The Morgan fingerprint density at radius 1 is 0.946 bits per heavy atom. The van der Waals surface area contributed by atoms with Crippen molar-refractivity contribution in [3.05, 3.63) is 90.3 Å². The minimum Gasteiger partial charge on any atom is -0.497 e. The lowest BCUT2D eigenvalue weighted by Gasteiger charge is -2.34. The van der Waals surface area contributed by atoms with E-state index in [-0.39, 0.29) is 0 Å². The molecule has 1 fully saturated rings. The summed E-state index contributed by atoms with van der Waals surface area (Å²) in [5.74, 6) is 2.21. The molecule has 0 unspecified atom stereocenters. The second kappa shape index (κ2) is 9.93. The van der Waals surface area contributed by atoms with Gasteiger partial charge in [-0.05, 0) is 66.3 Å². The van der Waals surface area contributed by atoms with Crippen molar-refractivity contribution in [2.75, 3.05) is 36.1 Å². The standard InChI is InChI=1S/C30H30N6O/c1-37-25-8-6-22-16-20(17-24-10-13-32-30(31)34-24)18-28(26(22)19-25)33-23-11-14-36(15-12-23)29-9-7-21-4-2-3-5-27(21)35-29/h2-10,13,16,18-19,23,33H,11-12,14-15,17H2,1H3,(H2,31,32,34). The predicted octanol–water partition coefficient (Wildman–Crippen LogP) is 5.44. The molecule has 0 bridgehead atoms. The van der Waals surface area contributed by atoms with Crippen molar-refractivity contribution in [1.29, 1.82) is 0 Å². The van der Waals surface area contributed by atoms with E-state index in [9.17, 15) is 0 Å². The average Bonchev–Trinajstić information content (AvgIpc) is 2.93. The van der Waals surface area contributed by atoms with Crippen molar-refractivity contribution < 1.29 is 4.74 Å². The van der Waals surface area contributed by atoms with Crippen molar-refractivity contribution in [1.82, 2.24) is 15.0 Å². The summed E-state index contributed by atoms with van der Waals surface area (Å²) >= 11 is 0. The lowest BCUT2D eigenvalue weighted by atomic mass is 9.99. The molecule has 0 saturated carbocycles. The maximum Gasteiger partial charge on any atom is 0.220 e. The molecule has 7 nitrogen and oxygen atoms in total. The number of ether oxygens (including phenoxy) is 1. The molecule has 6 rings (SSSR count). The molecular weight excluding hydrogens is 460 g/mol. The topological polar surface area (TPSA) is 89.2 Å². The minimum absolute atomic E-state index is 0.300. The number of pyridine rings is 1. The van der Waals surface area contributed by atoms with Crippen molar-refractivity contribution in [3.63, 3.8) is 0 Å². The third-order valence-corrected chi connectivity index (χ3v) is 7.10. The van der Waals surface area contributed by atoms with Gasteiger partial charge in [-0.25, -0.2) is 15.0 Å². The molecule has 7 heteroatoms. The molecule has 1 saturated heterocycles. The number of nitrogens with zero attached hydrogens (tertiary/aromatic N) is 4. The molecule has 5 aromatic rings. The van der Waals surface area contributed by atoms with E-state index < -0.39 is 0 Å². The van der Waals surface area contributed by atoms with Crippen LogP contribution in [-0.4, -0.2) is 41.2 Å². The number of para-hydroxylation sites is 1. The molecule has 2 aromatic heterocycles. The van der Waals surface area contributed by atoms with E-state index in [1.807, 2.05) is 18.2 Å². The number of hydrogen-bond donors (Lipinski definition) is 2. The number of methoxy groups -OCH3 is 1. The summed E-state index contributed by atoms with van der Waals surface area (Å²) in [5, 5.41) is 7.35. The lowest BCUT2D eigenvalue weighted by Crippen LogP contribution is -2.39. The Kier molecular flexibility index (Phi) is 6.18. The Morgan fingerprint density at radius 3 is 2.62 bits per heavy atom. The molecule has 0 atom stereocenters. The number of fused-ring (bicyclic) bond motifs is 2. The van der Waals surface area contributed by atoms with Gasteiger partial charge in [0, 0.05) is 48.2 Å². The van der Waals surface area contributed by atoms with Crippen LogP contribution < -0.4 is 20.7 Å². The molecule has 0 amide bonds. The monoisotopic (exact) mass is 490 g/mol. The van der Waals surface area contributed by atoms with Crippen LogP contribution in [0.3, 0.4) is 0 Å². The highest BCUT2D eigenvalue weighted by molar-refractivity contribution is 5.95. The molecule has 3 heterocycles. The summed E-state index contributed by atoms with van der Waals surface area (Å²) in [6.45, 7) is 1.92. The number of nitrogens with one attached hydrogen (secondary N) is 1. The fraction of sp³-hybridized carbons (Fsp3) is 0.233. The van der Waals surface area contributed by atoms with Crippen molar-refractivity contribution in [2.24, 2.45) is 0 Å². The molecule has 0 aliphatic carbocycles. The Morgan fingerprint density at radius 2 is 1.78 bits per heavy atom. The van der Waals surface area contributed by atoms with E-state index in [1.165, 1.54) is 16.3 Å². The molecule has 37 heavy (non-hydrogen) atoms. The Bertz CT molecular complexity index is 1560. The number of piperidine rings is 1. The fourth-order valence-corrected chi connectivity index (χ4v) is 5.17. The van der Waals surface area contributed by atoms with Crippen LogP contribution in [-0.2, 0) is 6.42 Å². The number of hydrogen-bond acceptors (Lipinski definition) is 7. The second-order valence-electron chi connectivity index (χ2n) is 9.58. The van der Waals surface area contributed by atoms with Gasteiger partial charge >= 0.3 is 0 Å². The SMILES string of the molecule is COc1ccc2cc(Cc3ccnc(N)n3)cc(NC3CCN(c4ccc5ccccc5n4)CC3)c2c1. The van der Waals surface area contributed by atoms with E-state index in [2.05, 4.69) is 74.8 Å². The molecule has 186 valence electrons. The quantitative estimate of drug-likeness (QED) is 0.328. The van der Waals surface area contributed by atoms with E-state index in [0.717, 1.165) is 59.8 Å². The van der Waals surface area contributed by atoms with Crippen LogP contribution in [0.2, 0.25) is 0 Å². The van der Waals surface area contributed by atoms with Crippen LogP contribution in [0.15, 0.2) is 79.0 Å². The largest absolute Gasteiger partial charge is 0.497 e. The first kappa shape index (κ1) is 23.0. The highest BCUT2D eigenvalue weighted by Gasteiger charge is 2.21. The molecular formula is C30H30N6O. The van der Waals surface area contributed by atoms with Gasteiger partial charge in [-0.2, -0.15) is 0 Å². The zero-order chi connectivity index (χ0) is 25.2. The van der Waals surface area contributed by atoms with Gasteiger partial charge in [0.25, 0.3) is 0 Å². The number of nitrogens with two attached hydrogens (primary N) is 1. The zero-order valence-corrected chi connectivity index (χ0v) is 20.9. The second-order valence-corrected chi connectivity index (χ2v) is 9.58. The number of aromatic nitrogens is 3. The van der Waals surface area contributed by atoms with Gasteiger partial charge in [-0.15, -0.1) is 0 Å². The smallest absolute Gasteiger partial charge is 0.220 e. The van der Waals surface area contributed by atoms with E-state index >= 15 is 0 Å². The van der Waals surface area contributed by atoms with Crippen LogP contribution in [0.5, 0.6) is 5.75 Å². The maximum atomic E-state index is 5.81. The predicted molar refractivity (Wildman–Crippen MR) is 150 cm³/mol. The molecule has 1 aliphatic heterocycles. The average molecular weight is 491 g/mol. The summed E-state index contributed by atoms with van der Waals surface area (Å²) in [4.78, 5) is 15.7. The van der Waals surface area contributed by atoms with Crippen LogP contribution >= 0.6 is 0 Å². The summed E-state index contributed by atoms with van der Waals surface area (Å²) in [7, 11) is 1.71. The minimum atomic E-state index is 0.300. The fourth-order valence-electron chi connectivity index (χ4n) is 5.17. The first-order valence-corrected chi connectivity index (χ1v) is 12.7. The van der Waals surface area contributed by atoms with Crippen LogP contribution in [0.1, 0.15) is 24.1 Å². The Balaban J connectivity index is 1.23. The summed E-state index contributed by atoms with van der Waals surface area (Å²) in [6, 6.07) is 25.6. The molecule has 3 N–H and O–H groups in total. The van der Waals surface area contributed by atoms with Crippen LogP contribution in [0.4, 0.5) is 17.5 Å². The maximum absolute atomic E-state index is 5.81. The summed E-state index contributed by atoms with van der Waals surface area (Å²) in [6.07, 6.45) is 4.47. The third kappa shape index (κ3) is 4.98.